The van der Waals surface area contributed by atoms with Crippen LogP contribution in [0.25, 0.3) is 0 Å². The molecule has 3 rings (SSSR count). The SMILES string of the molecule is CCCCc1cccc(OC(=O)c2cccnc2CCN(CC(=O)OC)S(=O)(=O)c2ccc(C)cc2)c1. The summed E-state index contributed by atoms with van der Waals surface area (Å²) in [5.41, 5.74) is 2.58. The van der Waals surface area contributed by atoms with E-state index in [1.54, 1.807) is 30.3 Å². The largest absolute Gasteiger partial charge is 0.468 e. The van der Waals surface area contributed by atoms with E-state index >= 15 is 0 Å². The summed E-state index contributed by atoms with van der Waals surface area (Å²) in [7, 11) is -2.80. The minimum Gasteiger partial charge on any atom is -0.468 e. The van der Waals surface area contributed by atoms with Gasteiger partial charge in [0.15, 0.2) is 0 Å². The Bertz CT molecular complexity index is 1320. The first-order valence-corrected chi connectivity index (χ1v) is 13.6. The summed E-state index contributed by atoms with van der Waals surface area (Å²) < 4.78 is 37.9. The van der Waals surface area contributed by atoms with E-state index < -0.39 is 28.5 Å². The lowest BCUT2D eigenvalue weighted by Crippen LogP contribution is -2.38. The van der Waals surface area contributed by atoms with E-state index in [9.17, 15) is 18.0 Å². The number of rotatable bonds is 12. The summed E-state index contributed by atoms with van der Waals surface area (Å²) in [4.78, 5) is 29.4. The Morgan fingerprint density at radius 1 is 1.00 bits per heavy atom. The summed E-state index contributed by atoms with van der Waals surface area (Å²) >= 11 is 0. The number of ether oxygens (including phenoxy) is 2. The molecule has 3 aromatic rings. The zero-order chi connectivity index (χ0) is 26.8. The highest BCUT2D eigenvalue weighted by Gasteiger charge is 2.28. The van der Waals surface area contributed by atoms with Crippen LogP contribution in [0.15, 0.2) is 71.8 Å². The van der Waals surface area contributed by atoms with Crippen LogP contribution in [0.3, 0.4) is 0 Å². The van der Waals surface area contributed by atoms with Gasteiger partial charge in [-0.3, -0.25) is 9.78 Å². The van der Waals surface area contributed by atoms with Gasteiger partial charge in [-0.05, 0) is 61.7 Å². The number of carbonyl (C=O) groups excluding carboxylic acids is 2. The van der Waals surface area contributed by atoms with Crippen LogP contribution in [0.1, 0.15) is 46.9 Å². The van der Waals surface area contributed by atoms with Crippen molar-refractivity contribution in [1.29, 1.82) is 0 Å². The number of methoxy groups -OCH3 is 1. The Labute approximate surface area is 218 Å². The molecule has 0 saturated carbocycles. The molecule has 0 N–H and O–H groups in total. The average Bonchev–Trinajstić information content (AvgIpc) is 2.90. The highest BCUT2D eigenvalue weighted by Crippen LogP contribution is 2.20. The van der Waals surface area contributed by atoms with Crippen molar-refractivity contribution in [3.05, 3.63) is 89.2 Å². The van der Waals surface area contributed by atoms with E-state index in [4.69, 9.17) is 9.47 Å². The smallest absolute Gasteiger partial charge is 0.345 e. The van der Waals surface area contributed by atoms with Crippen LogP contribution in [0.2, 0.25) is 0 Å². The number of carbonyl (C=O) groups is 2. The Morgan fingerprint density at radius 2 is 1.76 bits per heavy atom. The van der Waals surface area contributed by atoms with Crippen molar-refractivity contribution in [2.75, 3.05) is 20.2 Å². The molecule has 0 aliphatic heterocycles. The molecular formula is C28H32N2O6S. The van der Waals surface area contributed by atoms with E-state index in [0.29, 0.717) is 11.4 Å². The zero-order valence-corrected chi connectivity index (χ0v) is 22.2. The monoisotopic (exact) mass is 524 g/mol. The maximum absolute atomic E-state index is 13.3. The second kappa shape index (κ2) is 13.1. The van der Waals surface area contributed by atoms with Gasteiger partial charge in [0.2, 0.25) is 10.0 Å². The molecule has 1 aromatic heterocycles. The maximum atomic E-state index is 13.3. The van der Waals surface area contributed by atoms with Crippen molar-refractivity contribution in [1.82, 2.24) is 9.29 Å². The number of benzene rings is 2. The number of aryl methyl sites for hydroxylation is 2. The van der Waals surface area contributed by atoms with Crippen molar-refractivity contribution in [2.24, 2.45) is 0 Å². The minimum absolute atomic E-state index is 0.0608. The molecule has 2 aromatic carbocycles. The molecule has 0 amide bonds. The molecule has 1 heterocycles. The van der Waals surface area contributed by atoms with Gasteiger partial charge in [-0.25, -0.2) is 13.2 Å². The lowest BCUT2D eigenvalue weighted by Gasteiger charge is -2.21. The quantitative estimate of drug-likeness (QED) is 0.256. The van der Waals surface area contributed by atoms with Crippen molar-refractivity contribution in [3.63, 3.8) is 0 Å². The molecule has 0 saturated heterocycles. The standard InChI is InChI=1S/C28H32N2O6S/c1-4-5-8-22-9-6-10-23(19-22)36-28(32)25-11-7-17-29-26(25)16-18-30(20-27(31)35-3)37(33,34)24-14-12-21(2)13-15-24/h6-7,9-15,17,19H,4-5,8,16,18,20H2,1-3H3. The highest BCUT2D eigenvalue weighted by atomic mass is 32.2. The first-order valence-electron chi connectivity index (χ1n) is 12.1. The third-order valence-electron chi connectivity index (χ3n) is 5.83. The Kier molecular flexibility index (Phi) is 9.93. The van der Waals surface area contributed by atoms with E-state index in [0.717, 1.165) is 34.7 Å². The first-order chi connectivity index (χ1) is 17.7. The number of sulfonamides is 1. The number of pyridine rings is 1. The molecule has 0 fully saturated rings. The fourth-order valence-electron chi connectivity index (χ4n) is 3.71. The number of hydrogen-bond acceptors (Lipinski definition) is 7. The minimum atomic E-state index is -4.00. The fraction of sp³-hybridized carbons (Fsp3) is 0.321. The van der Waals surface area contributed by atoms with Gasteiger partial charge in [0.25, 0.3) is 0 Å². The number of nitrogens with zero attached hydrogens (tertiary/aromatic N) is 2. The number of esters is 2. The van der Waals surface area contributed by atoms with Gasteiger partial charge in [-0.2, -0.15) is 4.31 Å². The Morgan fingerprint density at radius 3 is 2.46 bits per heavy atom. The second-order valence-electron chi connectivity index (χ2n) is 8.62. The van der Waals surface area contributed by atoms with Crippen LogP contribution >= 0.6 is 0 Å². The predicted octanol–water partition coefficient (Wildman–Crippen LogP) is 4.36. The highest BCUT2D eigenvalue weighted by molar-refractivity contribution is 7.89. The van der Waals surface area contributed by atoms with E-state index in [1.807, 2.05) is 25.1 Å². The topological polar surface area (TPSA) is 103 Å². The van der Waals surface area contributed by atoms with Crippen molar-refractivity contribution >= 4 is 22.0 Å². The average molecular weight is 525 g/mol. The lowest BCUT2D eigenvalue weighted by atomic mass is 10.1. The molecule has 196 valence electrons. The van der Waals surface area contributed by atoms with Crippen molar-refractivity contribution in [2.45, 2.75) is 44.4 Å². The summed E-state index contributed by atoms with van der Waals surface area (Å²) in [6.45, 7) is 3.41. The van der Waals surface area contributed by atoms with Crippen LogP contribution < -0.4 is 4.74 Å². The molecule has 0 bridgehead atoms. The van der Waals surface area contributed by atoms with Crippen molar-refractivity contribution in [3.8, 4) is 5.75 Å². The van der Waals surface area contributed by atoms with Gasteiger partial charge >= 0.3 is 11.9 Å². The van der Waals surface area contributed by atoms with Crippen LogP contribution in [-0.4, -0.2) is 49.8 Å². The molecule has 0 aliphatic rings. The molecule has 8 nitrogen and oxygen atoms in total. The molecule has 0 aliphatic carbocycles. The summed E-state index contributed by atoms with van der Waals surface area (Å²) in [5.74, 6) is -0.849. The molecule has 0 spiro atoms. The van der Waals surface area contributed by atoms with E-state index in [2.05, 4.69) is 11.9 Å². The zero-order valence-electron chi connectivity index (χ0n) is 21.3. The Hall–Kier alpha value is -3.56. The number of hydrogen-bond donors (Lipinski definition) is 0. The van der Waals surface area contributed by atoms with Gasteiger partial charge in [-0.15, -0.1) is 0 Å². The van der Waals surface area contributed by atoms with E-state index in [-0.39, 0.29) is 23.4 Å². The van der Waals surface area contributed by atoms with Gasteiger partial charge in [-0.1, -0.05) is 43.2 Å². The summed E-state index contributed by atoms with van der Waals surface area (Å²) in [6, 6.07) is 17.0. The predicted molar refractivity (Wildman–Crippen MR) is 140 cm³/mol. The molecule has 37 heavy (non-hydrogen) atoms. The number of unbranched alkanes of at least 4 members (excludes halogenated alkanes) is 1. The van der Waals surface area contributed by atoms with Gasteiger partial charge < -0.3 is 9.47 Å². The van der Waals surface area contributed by atoms with Crippen LogP contribution in [0.5, 0.6) is 5.75 Å². The van der Waals surface area contributed by atoms with Crippen molar-refractivity contribution < 1.29 is 27.5 Å². The second-order valence-corrected chi connectivity index (χ2v) is 10.6. The molecular weight excluding hydrogens is 492 g/mol. The molecule has 9 heteroatoms. The first kappa shape index (κ1) is 28.0. The third-order valence-corrected chi connectivity index (χ3v) is 7.69. The molecule has 0 atom stereocenters. The van der Waals surface area contributed by atoms with Crippen LogP contribution in [-0.2, 0) is 32.4 Å². The van der Waals surface area contributed by atoms with Gasteiger partial charge in [0, 0.05) is 19.2 Å². The normalized spacial score (nSPS) is 11.4. The van der Waals surface area contributed by atoms with Crippen LogP contribution in [0.4, 0.5) is 0 Å². The number of aromatic nitrogens is 1. The molecule has 0 unspecified atom stereocenters. The molecule has 0 radical (unpaired) electrons. The third kappa shape index (κ3) is 7.71. The van der Waals surface area contributed by atoms with E-state index in [1.165, 1.54) is 25.4 Å². The Balaban J connectivity index is 1.80. The lowest BCUT2D eigenvalue weighted by molar-refractivity contribution is -0.140. The van der Waals surface area contributed by atoms with Gasteiger partial charge in [0.1, 0.15) is 12.3 Å². The fourth-order valence-corrected chi connectivity index (χ4v) is 5.10. The van der Waals surface area contributed by atoms with Gasteiger partial charge in [0.05, 0.1) is 23.3 Å². The summed E-state index contributed by atoms with van der Waals surface area (Å²) in [6.07, 6.45) is 4.61. The van der Waals surface area contributed by atoms with Crippen LogP contribution in [0, 0.1) is 6.92 Å². The maximum Gasteiger partial charge on any atom is 0.345 e. The summed E-state index contributed by atoms with van der Waals surface area (Å²) in [5, 5.41) is 0.